The largest absolute Gasteiger partial charge is 0.355 e. The van der Waals surface area contributed by atoms with Crippen molar-refractivity contribution in [3.8, 4) is 0 Å². The summed E-state index contributed by atoms with van der Waals surface area (Å²) in [6.07, 6.45) is -15.0. The van der Waals surface area contributed by atoms with E-state index in [2.05, 4.69) is 58.7 Å². The molecule has 0 aliphatic rings. The second-order valence-corrected chi connectivity index (χ2v) is 29.7. The zero-order chi connectivity index (χ0) is 105. The lowest BCUT2D eigenvalue weighted by Crippen LogP contribution is -2.80. The summed E-state index contributed by atoms with van der Waals surface area (Å²) in [5.74, 6) is -135. The molecule has 0 aliphatic carbocycles. The summed E-state index contributed by atoms with van der Waals surface area (Å²) in [4.78, 5) is 0. The Bertz CT molecular complexity index is 5380. The third-order valence-electron chi connectivity index (χ3n) is 21.1. The van der Waals surface area contributed by atoms with Crippen LogP contribution in [0.25, 0.3) is 0 Å². The topological polar surface area (TPSA) is 82.9 Å². The van der Waals surface area contributed by atoms with Crippen LogP contribution in [0.1, 0.15) is 60.8 Å². The first-order chi connectivity index (χ1) is 63.8. The molecule has 744 valence electrons. The van der Waals surface area contributed by atoms with Gasteiger partial charge < -0.3 is 17.2 Å². The first-order valence-electron chi connectivity index (χ1n) is 37.8. The Morgan fingerprint density at radius 1 is 0.138 bits per heavy atom. The summed E-state index contributed by atoms with van der Waals surface area (Å²) in [6.45, 7) is 12.7. The number of benzene rings is 12. The van der Waals surface area contributed by atoms with Gasteiger partial charge in [-0.15, -0.1) is 65.6 Å². The van der Waals surface area contributed by atoms with Gasteiger partial charge in [0.05, 0.1) is 87.9 Å². The minimum absolute atomic E-state index is 0.634. The van der Waals surface area contributed by atoms with Gasteiger partial charge in [0, 0.05) is 72.8 Å². The zero-order valence-corrected chi connectivity index (χ0v) is 68.8. The van der Waals surface area contributed by atoms with Crippen LogP contribution in [0.2, 0.25) is 0 Å². The van der Waals surface area contributed by atoms with Crippen molar-refractivity contribution in [3.63, 3.8) is 0 Å². The lowest BCUT2D eigenvalue weighted by Gasteiger charge is -2.44. The number of hydrogen-bond acceptors (Lipinski definition) is 0. The first kappa shape index (κ1) is 112. The minimum Gasteiger partial charge on any atom is -0.355 e. The van der Waals surface area contributed by atoms with Crippen LogP contribution in [0.5, 0.6) is 0 Å². The number of quaternary nitrogens is 3. The summed E-state index contributed by atoms with van der Waals surface area (Å²) in [5, 5.41) is 0. The highest BCUT2D eigenvalue weighted by molar-refractivity contribution is 7.21. The molecule has 0 fully saturated rings. The molecule has 3 nitrogen and oxygen atoms in total. The molecule has 0 spiro atoms. The Labute approximate surface area is 740 Å². The maximum absolute atomic E-state index is 15.3. The van der Waals surface area contributed by atoms with Crippen molar-refractivity contribution in [2.45, 2.75) is 78.9 Å². The fraction of sp³-hybridized carbons (Fsp3) is 0.143. The fourth-order valence-electron chi connectivity index (χ4n) is 14.3. The molecule has 12 aromatic carbocycles. The van der Waals surface area contributed by atoms with Gasteiger partial charge in [-0.05, 0) is 40.0 Å². The molecule has 54 heteroatoms. The molecule has 0 amide bonds. The number of hydrogen-bond donors (Lipinski definition) is 3. The van der Waals surface area contributed by atoms with Crippen LogP contribution in [0.4, 0.5) is 211 Å². The highest BCUT2D eigenvalue weighted by Gasteiger charge is 2.54. The quantitative estimate of drug-likeness (QED) is 0.0396. The molecule has 0 heterocycles. The Morgan fingerprint density at radius 2 is 0.196 bits per heavy atom. The van der Waals surface area contributed by atoms with E-state index in [1.807, 2.05) is 0 Å². The van der Waals surface area contributed by atoms with Gasteiger partial charge in [0.15, 0.2) is 140 Å². The normalized spacial score (nSPS) is 12.2. The van der Waals surface area contributed by atoms with Crippen molar-refractivity contribution >= 4 is 84.0 Å². The molecule has 138 heavy (non-hydrogen) atoms. The molecule has 9 N–H and O–H groups in total. The summed E-state index contributed by atoms with van der Waals surface area (Å²) in [5.41, 5.74) is -21.6. The lowest BCUT2D eigenvalue weighted by atomic mass is 9.12. The van der Waals surface area contributed by atoms with Crippen LogP contribution in [-0.2, 0) is 0 Å². The van der Waals surface area contributed by atoms with Crippen molar-refractivity contribution in [2.75, 3.05) is 0 Å². The summed E-state index contributed by atoms with van der Waals surface area (Å²) in [7, 11) is 0. The molecule has 0 saturated heterocycles. The Hall–Kier alpha value is -12.6. The van der Waals surface area contributed by atoms with Crippen LogP contribution < -0.4 is 82.8 Å². The smallest absolute Gasteiger partial charge is 0.191 e. The van der Waals surface area contributed by atoms with E-state index in [0.717, 1.165) is 0 Å². The Balaban J connectivity index is 0.000000261. The van der Waals surface area contributed by atoms with Gasteiger partial charge in [0.1, 0.15) is 88.2 Å². The molecule has 0 radical (unpaired) electrons. The van der Waals surface area contributed by atoms with Crippen LogP contribution in [0.3, 0.4) is 0 Å². The summed E-state index contributed by atoms with van der Waals surface area (Å²) in [6, 6.07) is -6.87. The fourth-order valence-corrected chi connectivity index (χ4v) is 14.3. The average Bonchev–Trinajstić information content (AvgIpc) is 0.695. The van der Waals surface area contributed by atoms with Gasteiger partial charge in [0.25, 0.3) is 0 Å². The molecule has 3 atom stereocenters. The van der Waals surface area contributed by atoms with E-state index in [-0.39, 0.29) is 0 Å². The highest BCUT2D eigenvalue weighted by Crippen LogP contribution is 2.34. The van der Waals surface area contributed by atoms with Crippen molar-refractivity contribution in [3.05, 3.63) is 352 Å². The molecule has 12 aromatic rings. The average molecular weight is 2040 g/mol. The predicted molar refractivity (Wildman–Crippen MR) is 396 cm³/mol. The minimum atomic E-state index is -6.18. The van der Waals surface area contributed by atoms with Crippen LogP contribution in [0, 0.1) is 279 Å². The van der Waals surface area contributed by atoms with Crippen LogP contribution >= 0.6 is 0 Å². The van der Waals surface area contributed by atoms with Crippen molar-refractivity contribution < 1.29 is 228 Å². The SMILES string of the molecule is CCC(C)[NH3+].CCC(C)[NH3+].CCC(C)[NH3+].Fc1cc(F)c([B-](c2c(F)cc(F)c(F)c2F)(c2c(F)cc(F)c(F)c2F)c2c(F)cc(F)c(F)c2F)c(F)c1F.Fc1cc(F)c([B-](c2c(F)cc(F)c(F)c2F)(c2c(F)cc(F)c(F)c2F)c2c(F)cc(F)c(F)c2F)c(F)c1F.Fc1cc(F)c([B-](c2c(F)cc(F)c(F)c2F)(c2c(F)cc(F)c(F)c2F)c2c(F)cc(F)c(F)c2F)c(F)c1F. The van der Waals surface area contributed by atoms with E-state index in [0.29, 0.717) is 18.1 Å². The lowest BCUT2D eigenvalue weighted by molar-refractivity contribution is -0.414. The number of rotatable bonds is 15. The van der Waals surface area contributed by atoms with Gasteiger partial charge in [-0.25, -0.2) is 211 Å². The second kappa shape index (κ2) is 43.2. The zero-order valence-electron chi connectivity index (χ0n) is 68.8. The van der Waals surface area contributed by atoms with Gasteiger partial charge in [0.2, 0.25) is 0 Å². The number of halogens is 48. The van der Waals surface area contributed by atoms with Crippen molar-refractivity contribution in [1.29, 1.82) is 0 Å². The maximum Gasteiger partial charge on any atom is 0.191 e. The molecule has 0 bridgehead atoms. The van der Waals surface area contributed by atoms with Gasteiger partial charge >= 0.3 is 0 Å². The van der Waals surface area contributed by atoms with E-state index in [1.165, 1.54) is 19.3 Å². The third kappa shape index (κ3) is 19.8. The second-order valence-electron chi connectivity index (χ2n) is 29.7. The first-order valence-corrected chi connectivity index (χ1v) is 37.8. The highest BCUT2D eigenvalue weighted by atomic mass is 19.2. The summed E-state index contributed by atoms with van der Waals surface area (Å²) >= 11 is 0. The van der Waals surface area contributed by atoms with Crippen molar-refractivity contribution in [1.82, 2.24) is 0 Å². The molecule has 0 saturated carbocycles. The van der Waals surface area contributed by atoms with E-state index in [4.69, 9.17) is 0 Å². The molecule has 12 rings (SSSR count). The van der Waals surface area contributed by atoms with Crippen LogP contribution in [-0.4, -0.2) is 36.6 Å². The van der Waals surface area contributed by atoms with Crippen LogP contribution in [0.15, 0.2) is 72.8 Å². The standard InChI is InChI=1S/3C24H4BF16.3C4H11N/c3*26-5-1-9(30)17(34)21(38)13(5)25(14-6(27)2-10(31)18(35)22(14)39,15-7(28)3-11(32)19(36)23(15)40)16-8(29)4-12(33)20(37)24(16)41;3*1-3-4(2)5/h3*1-4H;3*4H,3,5H2,1-2H3/q3*-1;;;/p+3. The van der Waals surface area contributed by atoms with Crippen molar-refractivity contribution in [2.24, 2.45) is 0 Å². The molecular formula is C84H48B3F48N3. The van der Waals surface area contributed by atoms with Gasteiger partial charge in [-0.3, -0.25) is 0 Å². The molecular weight excluding hydrogens is 2000 g/mol. The van der Waals surface area contributed by atoms with Gasteiger partial charge in [-0.1, -0.05) is 20.8 Å². The maximum atomic E-state index is 15.3. The summed E-state index contributed by atoms with van der Waals surface area (Å²) < 4.78 is 706. The molecule has 3 unspecified atom stereocenters. The van der Waals surface area contributed by atoms with E-state index < -0.39 is 436 Å². The molecule has 0 aliphatic heterocycles. The molecule has 0 aromatic heterocycles. The monoisotopic (exact) mass is 2040 g/mol. The van der Waals surface area contributed by atoms with Gasteiger partial charge in [-0.2, -0.15) is 0 Å². The Kier molecular flexibility index (Phi) is 35.1. The van der Waals surface area contributed by atoms with E-state index in [1.54, 1.807) is 0 Å². The van der Waals surface area contributed by atoms with E-state index in [9.17, 15) is 105 Å². The predicted octanol–water partition coefficient (Wildman–Crippen LogP) is 15.9. The van der Waals surface area contributed by atoms with E-state index >= 15 is 105 Å². The third-order valence-corrected chi connectivity index (χ3v) is 21.1. The Morgan fingerprint density at radius 3 is 0.246 bits per heavy atom.